The van der Waals surface area contributed by atoms with Crippen LogP contribution in [0.2, 0.25) is 0 Å². The van der Waals surface area contributed by atoms with E-state index >= 15 is 0 Å². The summed E-state index contributed by atoms with van der Waals surface area (Å²) in [5.74, 6) is -0.528. The third kappa shape index (κ3) is 2.15. The molecule has 0 radical (unpaired) electrons. The first-order valence-electron chi connectivity index (χ1n) is 5.33. The molecular weight excluding hydrogens is 232 g/mol. The lowest BCUT2D eigenvalue weighted by molar-refractivity contribution is 0.0697. The van der Waals surface area contributed by atoms with Crippen LogP contribution in [0.5, 0.6) is 5.88 Å². The zero-order valence-corrected chi connectivity index (χ0v) is 10.0. The summed E-state index contributed by atoms with van der Waals surface area (Å²) in [6.07, 6.45) is 3.12. The van der Waals surface area contributed by atoms with E-state index in [0.29, 0.717) is 11.6 Å². The molecule has 0 saturated heterocycles. The van der Waals surface area contributed by atoms with E-state index in [4.69, 9.17) is 9.84 Å². The normalized spacial score (nSPS) is 10.1. The van der Waals surface area contributed by atoms with E-state index in [9.17, 15) is 4.79 Å². The molecule has 0 fully saturated rings. The molecule has 1 N–H and O–H groups in total. The quantitative estimate of drug-likeness (QED) is 0.895. The Morgan fingerprint density at radius 2 is 2.00 bits per heavy atom. The molecule has 0 unspecified atom stereocenters. The van der Waals surface area contributed by atoms with Crippen LogP contribution >= 0.6 is 0 Å². The molecule has 0 spiro atoms. The molecule has 2 rings (SSSR count). The number of aromatic nitrogens is 2. The summed E-state index contributed by atoms with van der Waals surface area (Å²) in [4.78, 5) is 19.2. The van der Waals surface area contributed by atoms with Crippen molar-refractivity contribution in [1.29, 1.82) is 0 Å². The van der Waals surface area contributed by atoms with E-state index in [2.05, 4.69) is 9.97 Å². The third-order valence-corrected chi connectivity index (χ3v) is 2.59. The summed E-state index contributed by atoms with van der Waals surface area (Å²) in [5.41, 5.74) is 2.48. The number of carboxylic acid groups (broad SMARTS) is 1. The maximum atomic E-state index is 10.9. The summed E-state index contributed by atoms with van der Waals surface area (Å²) in [5, 5.41) is 8.92. The maximum Gasteiger partial charge on any atom is 0.335 e. The first kappa shape index (κ1) is 12.0. The highest BCUT2D eigenvalue weighted by atomic mass is 16.5. The first-order chi connectivity index (χ1) is 8.63. The van der Waals surface area contributed by atoms with E-state index in [1.807, 2.05) is 6.92 Å². The van der Waals surface area contributed by atoms with Gasteiger partial charge in [0.1, 0.15) is 5.69 Å². The van der Waals surface area contributed by atoms with E-state index in [-0.39, 0.29) is 5.56 Å². The number of aromatic carboxylic acids is 1. The van der Waals surface area contributed by atoms with Crippen LogP contribution in [-0.4, -0.2) is 28.2 Å². The molecule has 5 heteroatoms. The van der Waals surface area contributed by atoms with Crippen LogP contribution in [0.4, 0.5) is 0 Å². The number of carbonyl (C=O) groups is 1. The number of hydrogen-bond donors (Lipinski definition) is 1. The van der Waals surface area contributed by atoms with Crippen molar-refractivity contribution >= 4 is 5.97 Å². The van der Waals surface area contributed by atoms with E-state index in [1.54, 1.807) is 30.6 Å². The molecule has 18 heavy (non-hydrogen) atoms. The minimum absolute atomic E-state index is 0.249. The van der Waals surface area contributed by atoms with Gasteiger partial charge in [0.2, 0.25) is 5.88 Å². The largest absolute Gasteiger partial charge is 0.479 e. The lowest BCUT2D eigenvalue weighted by Gasteiger charge is -2.09. The number of rotatable bonds is 3. The Kier molecular flexibility index (Phi) is 3.23. The van der Waals surface area contributed by atoms with Crippen LogP contribution in [0.1, 0.15) is 15.9 Å². The standard InChI is InChI=1S/C13H12N2O3/c1-8-7-9(13(16)17)3-4-10(8)11-12(18-2)15-6-5-14-11/h3-7H,1-2H3,(H,16,17). The van der Waals surface area contributed by atoms with Crippen LogP contribution in [-0.2, 0) is 0 Å². The smallest absolute Gasteiger partial charge is 0.335 e. The monoisotopic (exact) mass is 244 g/mol. The lowest BCUT2D eigenvalue weighted by Crippen LogP contribution is -1.99. The van der Waals surface area contributed by atoms with Gasteiger partial charge in [-0.05, 0) is 24.6 Å². The van der Waals surface area contributed by atoms with Crippen LogP contribution in [0, 0.1) is 6.92 Å². The van der Waals surface area contributed by atoms with Crippen molar-refractivity contribution in [3.8, 4) is 17.1 Å². The van der Waals surface area contributed by atoms with E-state index < -0.39 is 5.97 Å². The number of hydrogen-bond acceptors (Lipinski definition) is 4. The Balaban J connectivity index is 2.54. The highest BCUT2D eigenvalue weighted by Crippen LogP contribution is 2.28. The van der Waals surface area contributed by atoms with Crippen LogP contribution < -0.4 is 4.74 Å². The van der Waals surface area contributed by atoms with Gasteiger partial charge in [-0.3, -0.25) is 0 Å². The van der Waals surface area contributed by atoms with Crippen molar-refractivity contribution in [3.63, 3.8) is 0 Å². The van der Waals surface area contributed by atoms with Crippen molar-refractivity contribution in [2.45, 2.75) is 6.92 Å². The summed E-state index contributed by atoms with van der Waals surface area (Å²) < 4.78 is 5.14. The summed E-state index contributed by atoms with van der Waals surface area (Å²) >= 11 is 0. The average Bonchev–Trinajstić information content (AvgIpc) is 2.38. The van der Waals surface area contributed by atoms with Gasteiger partial charge in [-0.2, -0.15) is 0 Å². The molecule has 2 aromatic rings. The molecule has 1 heterocycles. The molecule has 5 nitrogen and oxygen atoms in total. The Morgan fingerprint density at radius 1 is 1.28 bits per heavy atom. The second-order valence-corrected chi connectivity index (χ2v) is 3.75. The van der Waals surface area contributed by atoms with E-state index in [1.165, 1.54) is 7.11 Å². The van der Waals surface area contributed by atoms with Gasteiger partial charge in [-0.25, -0.2) is 14.8 Å². The number of aryl methyl sites for hydroxylation is 1. The van der Waals surface area contributed by atoms with Crippen molar-refractivity contribution < 1.29 is 14.6 Å². The SMILES string of the molecule is COc1nccnc1-c1ccc(C(=O)O)cc1C. The molecule has 0 aliphatic rings. The number of ether oxygens (including phenoxy) is 1. The summed E-state index contributed by atoms with van der Waals surface area (Å²) in [6.45, 7) is 1.83. The molecular formula is C13H12N2O3. The molecule has 1 aromatic heterocycles. The fourth-order valence-electron chi connectivity index (χ4n) is 1.72. The van der Waals surface area contributed by atoms with Gasteiger partial charge < -0.3 is 9.84 Å². The Labute approximate surface area is 104 Å². The van der Waals surface area contributed by atoms with Crippen molar-refractivity contribution in [1.82, 2.24) is 9.97 Å². The Bertz CT molecular complexity index is 597. The predicted molar refractivity (Wildman–Crippen MR) is 65.7 cm³/mol. The zero-order valence-electron chi connectivity index (χ0n) is 10.0. The molecule has 0 saturated carbocycles. The minimum Gasteiger partial charge on any atom is -0.479 e. The highest BCUT2D eigenvalue weighted by molar-refractivity contribution is 5.89. The van der Waals surface area contributed by atoms with Gasteiger partial charge in [-0.1, -0.05) is 6.07 Å². The zero-order chi connectivity index (χ0) is 13.1. The summed E-state index contributed by atoms with van der Waals surface area (Å²) in [6, 6.07) is 4.86. The van der Waals surface area contributed by atoms with Crippen molar-refractivity contribution in [2.75, 3.05) is 7.11 Å². The predicted octanol–water partition coefficient (Wildman–Crippen LogP) is 2.16. The Morgan fingerprint density at radius 3 is 2.61 bits per heavy atom. The van der Waals surface area contributed by atoms with Crippen LogP contribution in [0.25, 0.3) is 11.3 Å². The molecule has 92 valence electrons. The van der Waals surface area contributed by atoms with Crippen molar-refractivity contribution in [2.24, 2.45) is 0 Å². The molecule has 1 aromatic carbocycles. The summed E-state index contributed by atoms with van der Waals surface area (Å²) in [7, 11) is 1.52. The van der Waals surface area contributed by atoms with Crippen LogP contribution in [0.3, 0.4) is 0 Å². The van der Waals surface area contributed by atoms with Crippen LogP contribution in [0.15, 0.2) is 30.6 Å². The van der Waals surface area contributed by atoms with Gasteiger partial charge >= 0.3 is 5.97 Å². The minimum atomic E-state index is -0.948. The maximum absolute atomic E-state index is 10.9. The van der Waals surface area contributed by atoms with Gasteiger partial charge in [0, 0.05) is 18.0 Å². The van der Waals surface area contributed by atoms with Gasteiger partial charge in [-0.15, -0.1) is 0 Å². The first-order valence-corrected chi connectivity index (χ1v) is 5.33. The van der Waals surface area contributed by atoms with E-state index in [0.717, 1.165) is 11.1 Å². The fraction of sp³-hybridized carbons (Fsp3) is 0.154. The molecule has 0 aliphatic carbocycles. The Hall–Kier alpha value is -2.43. The lowest BCUT2D eigenvalue weighted by atomic mass is 10.0. The molecule has 0 bridgehead atoms. The van der Waals surface area contributed by atoms with Crippen molar-refractivity contribution in [3.05, 3.63) is 41.7 Å². The molecule has 0 atom stereocenters. The van der Waals surface area contributed by atoms with Gasteiger partial charge in [0.05, 0.1) is 12.7 Å². The number of benzene rings is 1. The second-order valence-electron chi connectivity index (χ2n) is 3.75. The second kappa shape index (κ2) is 4.83. The number of methoxy groups -OCH3 is 1. The fourth-order valence-corrected chi connectivity index (χ4v) is 1.72. The molecule has 0 aliphatic heterocycles. The van der Waals surface area contributed by atoms with Gasteiger partial charge in [0.15, 0.2) is 0 Å². The number of carboxylic acids is 1. The third-order valence-electron chi connectivity index (χ3n) is 2.59. The topological polar surface area (TPSA) is 72.3 Å². The number of nitrogens with zero attached hydrogens (tertiary/aromatic N) is 2. The molecule has 0 amide bonds. The highest BCUT2D eigenvalue weighted by Gasteiger charge is 2.12. The van der Waals surface area contributed by atoms with Gasteiger partial charge in [0.25, 0.3) is 0 Å². The average molecular weight is 244 g/mol.